The molecule has 0 aliphatic carbocycles. The second-order valence-electron chi connectivity index (χ2n) is 6.94. The van der Waals surface area contributed by atoms with Crippen molar-refractivity contribution in [2.24, 2.45) is 13.0 Å². The first-order valence-corrected chi connectivity index (χ1v) is 8.80. The van der Waals surface area contributed by atoms with Gasteiger partial charge < -0.3 is 4.57 Å². The molecule has 1 fully saturated rings. The van der Waals surface area contributed by atoms with E-state index in [1.165, 1.54) is 24.5 Å². The molecule has 3 heterocycles. The Balaban J connectivity index is 1.41. The fourth-order valence-corrected chi connectivity index (χ4v) is 3.52. The van der Waals surface area contributed by atoms with Crippen LogP contribution >= 0.6 is 0 Å². The number of likely N-dealkylation sites (tertiary alicyclic amines) is 1. The number of hydrogen-bond donors (Lipinski definition) is 0. The van der Waals surface area contributed by atoms with E-state index in [-0.39, 0.29) is 11.4 Å². The highest BCUT2D eigenvalue weighted by atomic mass is 19.1. The highest BCUT2D eigenvalue weighted by Crippen LogP contribution is 2.20. The van der Waals surface area contributed by atoms with Crippen LogP contribution in [0.5, 0.6) is 0 Å². The Hall–Kier alpha value is -2.61. The van der Waals surface area contributed by atoms with Crippen LogP contribution in [0.25, 0.3) is 10.9 Å². The van der Waals surface area contributed by atoms with E-state index in [9.17, 15) is 9.18 Å². The van der Waals surface area contributed by atoms with E-state index in [0.29, 0.717) is 23.4 Å². The zero-order valence-corrected chi connectivity index (χ0v) is 14.7. The van der Waals surface area contributed by atoms with E-state index < -0.39 is 0 Å². The zero-order valence-electron chi connectivity index (χ0n) is 14.7. The van der Waals surface area contributed by atoms with Crippen molar-refractivity contribution >= 4 is 10.9 Å². The van der Waals surface area contributed by atoms with Gasteiger partial charge in [-0.1, -0.05) is 0 Å². The van der Waals surface area contributed by atoms with E-state index in [1.807, 2.05) is 11.6 Å². The van der Waals surface area contributed by atoms with Crippen molar-refractivity contribution in [3.8, 4) is 0 Å². The van der Waals surface area contributed by atoms with E-state index in [4.69, 9.17) is 0 Å². The summed E-state index contributed by atoms with van der Waals surface area (Å²) in [4.78, 5) is 19.2. The largest absolute Gasteiger partial charge is 0.320 e. The van der Waals surface area contributed by atoms with Crippen molar-refractivity contribution in [1.29, 1.82) is 0 Å². The molecular formula is C18H21FN6O. The van der Waals surface area contributed by atoms with Gasteiger partial charge in [0.05, 0.1) is 23.8 Å². The monoisotopic (exact) mass is 356 g/mol. The molecule has 1 aliphatic heterocycles. The second-order valence-corrected chi connectivity index (χ2v) is 6.94. The number of benzene rings is 1. The average Bonchev–Trinajstić information content (AvgIpc) is 3.04. The zero-order chi connectivity index (χ0) is 18.1. The maximum absolute atomic E-state index is 13.3. The summed E-state index contributed by atoms with van der Waals surface area (Å²) in [6.45, 7) is 3.39. The third kappa shape index (κ3) is 3.37. The van der Waals surface area contributed by atoms with E-state index in [2.05, 4.69) is 20.1 Å². The number of aromatic nitrogens is 5. The lowest BCUT2D eigenvalue weighted by molar-refractivity contribution is 0.162. The Kier molecular flexibility index (Phi) is 4.50. The number of nitrogens with zero attached hydrogens (tertiary/aromatic N) is 6. The summed E-state index contributed by atoms with van der Waals surface area (Å²) < 4.78 is 16.9. The molecule has 136 valence electrons. The third-order valence-electron chi connectivity index (χ3n) is 5.12. The topological polar surface area (TPSA) is 68.8 Å². The molecule has 26 heavy (non-hydrogen) atoms. The van der Waals surface area contributed by atoms with Gasteiger partial charge >= 0.3 is 0 Å². The smallest absolute Gasteiger partial charge is 0.261 e. The van der Waals surface area contributed by atoms with Crippen LogP contribution in [0.1, 0.15) is 18.7 Å². The molecule has 0 amide bonds. The van der Waals surface area contributed by atoms with Crippen molar-refractivity contribution in [3.63, 3.8) is 0 Å². The van der Waals surface area contributed by atoms with Gasteiger partial charge in [-0.25, -0.2) is 9.37 Å². The van der Waals surface area contributed by atoms with Crippen molar-refractivity contribution < 1.29 is 4.39 Å². The molecule has 1 saturated heterocycles. The standard InChI is InChI=1S/C18H21FN6O/c1-23-12-21-22-17(23)10-24-6-4-13(5-7-24)9-25-11-20-16-8-14(19)2-3-15(16)18(25)26/h2-3,8,11-13H,4-7,9-10H2,1H3. The molecule has 0 saturated carbocycles. The predicted octanol–water partition coefficient (Wildman–Crippen LogP) is 1.58. The molecule has 7 nitrogen and oxygen atoms in total. The molecule has 8 heteroatoms. The van der Waals surface area contributed by atoms with Crippen molar-refractivity contribution in [2.45, 2.75) is 25.9 Å². The lowest BCUT2D eigenvalue weighted by Gasteiger charge is -2.31. The Bertz CT molecular complexity index is 973. The second kappa shape index (κ2) is 6.95. The molecule has 0 unspecified atom stereocenters. The van der Waals surface area contributed by atoms with E-state index in [0.717, 1.165) is 38.3 Å². The SMILES string of the molecule is Cn1cnnc1CN1CCC(Cn2cnc3cc(F)ccc3c2=O)CC1. The lowest BCUT2D eigenvalue weighted by Crippen LogP contribution is -2.36. The van der Waals surface area contributed by atoms with Gasteiger partial charge in [0.25, 0.3) is 5.56 Å². The summed E-state index contributed by atoms with van der Waals surface area (Å²) in [6, 6.07) is 4.12. The highest BCUT2D eigenvalue weighted by Gasteiger charge is 2.21. The highest BCUT2D eigenvalue weighted by molar-refractivity contribution is 5.77. The normalized spacial score (nSPS) is 16.4. The van der Waals surface area contributed by atoms with E-state index >= 15 is 0 Å². The first-order chi connectivity index (χ1) is 12.6. The first kappa shape index (κ1) is 16.8. The maximum Gasteiger partial charge on any atom is 0.261 e. The molecule has 3 aromatic rings. The summed E-state index contributed by atoms with van der Waals surface area (Å²) in [5.41, 5.74) is 0.307. The van der Waals surface area contributed by atoms with Crippen LogP contribution in [0.4, 0.5) is 4.39 Å². The van der Waals surface area contributed by atoms with Crippen molar-refractivity contribution in [3.05, 3.63) is 52.8 Å². The van der Waals surface area contributed by atoms with Crippen LogP contribution in [-0.4, -0.2) is 42.3 Å². The summed E-state index contributed by atoms with van der Waals surface area (Å²) in [5.74, 6) is 1.02. The molecule has 0 N–H and O–H groups in total. The Morgan fingerprint density at radius 3 is 2.77 bits per heavy atom. The minimum absolute atomic E-state index is 0.100. The van der Waals surface area contributed by atoms with E-state index in [1.54, 1.807) is 10.9 Å². The third-order valence-corrected chi connectivity index (χ3v) is 5.12. The van der Waals surface area contributed by atoms with Gasteiger partial charge in [0.1, 0.15) is 18.0 Å². The van der Waals surface area contributed by atoms with Gasteiger partial charge in [0, 0.05) is 19.7 Å². The minimum atomic E-state index is -0.377. The van der Waals surface area contributed by atoms with Crippen LogP contribution in [0.3, 0.4) is 0 Å². The number of rotatable bonds is 4. The summed E-state index contributed by atoms with van der Waals surface area (Å²) in [7, 11) is 1.95. The number of fused-ring (bicyclic) bond motifs is 1. The quantitative estimate of drug-likeness (QED) is 0.710. The summed E-state index contributed by atoms with van der Waals surface area (Å²) in [6.07, 6.45) is 5.29. The van der Waals surface area contributed by atoms with Gasteiger partial charge in [0.2, 0.25) is 0 Å². The number of hydrogen-bond acceptors (Lipinski definition) is 5. The Morgan fingerprint density at radius 1 is 1.23 bits per heavy atom. The van der Waals surface area contributed by atoms with Crippen molar-refractivity contribution in [2.75, 3.05) is 13.1 Å². The summed E-state index contributed by atoms with van der Waals surface area (Å²) >= 11 is 0. The minimum Gasteiger partial charge on any atom is -0.320 e. The molecule has 2 aromatic heterocycles. The molecule has 4 rings (SSSR count). The maximum atomic E-state index is 13.3. The van der Waals surface area contributed by atoms with Crippen LogP contribution in [0.15, 0.2) is 35.6 Å². The fraction of sp³-hybridized carbons (Fsp3) is 0.444. The van der Waals surface area contributed by atoms with Crippen LogP contribution < -0.4 is 5.56 Å². The number of piperidine rings is 1. The summed E-state index contributed by atoms with van der Waals surface area (Å²) in [5, 5.41) is 8.52. The Morgan fingerprint density at radius 2 is 2.04 bits per heavy atom. The average molecular weight is 356 g/mol. The van der Waals surface area contributed by atoms with Crippen LogP contribution in [0, 0.1) is 11.7 Å². The van der Waals surface area contributed by atoms with Gasteiger partial charge in [-0.2, -0.15) is 0 Å². The molecule has 1 aromatic carbocycles. The van der Waals surface area contributed by atoms with Gasteiger partial charge in [0.15, 0.2) is 0 Å². The fourth-order valence-electron chi connectivity index (χ4n) is 3.52. The number of halogens is 1. The molecule has 0 atom stereocenters. The van der Waals surface area contributed by atoms with Crippen LogP contribution in [-0.2, 0) is 20.1 Å². The van der Waals surface area contributed by atoms with Crippen molar-refractivity contribution in [1.82, 2.24) is 29.2 Å². The lowest BCUT2D eigenvalue weighted by atomic mass is 9.96. The molecule has 0 radical (unpaired) electrons. The molecular weight excluding hydrogens is 335 g/mol. The first-order valence-electron chi connectivity index (χ1n) is 8.80. The Labute approximate surface area is 150 Å². The molecule has 1 aliphatic rings. The number of aryl methyl sites for hydroxylation is 1. The molecule has 0 spiro atoms. The van der Waals surface area contributed by atoms with Gasteiger partial charge in [-0.3, -0.25) is 14.3 Å². The van der Waals surface area contributed by atoms with Gasteiger partial charge in [-0.05, 0) is 44.0 Å². The molecule has 0 bridgehead atoms. The predicted molar refractivity (Wildman–Crippen MR) is 95.0 cm³/mol. The van der Waals surface area contributed by atoms with Gasteiger partial charge in [-0.15, -0.1) is 10.2 Å². The van der Waals surface area contributed by atoms with Crippen LogP contribution in [0.2, 0.25) is 0 Å².